The van der Waals surface area contributed by atoms with Gasteiger partial charge in [0.1, 0.15) is 11.3 Å². The lowest BCUT2D eigenvalue weighted by Gasteiger charge is -2.20. The van der Waals surface area contributed by atoms with Crippen LogP contribution in [0.1, 0.15) is 57.8 Å². The third-order valence-electron chi connectivity index (χ3n) is 3.77. The number of halogens is 2. The maximum absolute atomic E-state index is 6.04. The van der Waals surface area contributed by atoms with Gasteiger partial charge < -0.3 is 4.57 Å². The third kappa shape index (κ3) is 3.89. The van der Waals surface area contributed by atoms with Crippen molar-refractivity contribution in [1.29, 1.82) is 0 Å². The Morgan fingerprint density at radius 3 is 2.71 bits per heavy atom. The molecule has 0 aliphatic carbocycles. The lowest BCUT2D eigenvalue weighted by molar-refractivity contribution is 0.414. The van der Waals surface area contributed by atoms with Crippen molar-refractivity contribution in [3.8, 4) is 0 Å². The molecule has 0 bridgehead atoms. The van der Waals surface area contributed by atoms with Crippen LogP contribution in [-0.2, 0) is 6.42 Å². The lowest BCUT2D eigenvalue weighted by atomic mass is 10.0. The predicted molar refractivity (Wildman–Crippen MR) is 90.4 cm³/mol. The number of rotatable bonds is 8. The van der Waals surface area contributed by atoms with Crippen LogP contribution in [0, 0.1) is 0 Å². The summed E-state index contributed by atoms with van der Waals surface area (Å²) in [6.45, 7) is 4.45. The molecule has 2 aromatic rings. The van der Waals surface area contributed by atoms with Gasteiger partial charge in [-0.15, -0.1) is 11.6 Å². The highest BCUT2D eigenvalue weighted by Crippen LogP contribution is 2.28. The van der Waals surface area contributed by atoms with Gasteiger partial charge in [0.05, 0.1) is 5.02 Å². The number of hydrogen-bond acceptors (Lipinski definition) is 2. The topological polar surface area (TPSA) is 30.7 Å². The van der Waals surface area contributed by atoms with E-state index in [4.69, 9.17) is 28.2 Å². The molecule has 0 saturated heterocycles. The van der Waals surface area contributed by atoms with Gasteiger partial charge >= 0.3 is 0 Å². The van der Waals surface area contributed by atoms with E-state index in [0.717, 1.165) is 42.7 Å². The molecular formula is C16H23Cl2N3. The predicted octanol–water partition coefficient (Wildman–Crippen LogP) is 5.40. The maximum Gasteiger partial charge on any atom is 0.160 e. The van der Waals surface area contributed by atoms with Crippen LogP contribution in [0.25, 0.3) is 11.2 Å². The van der Waals surface area contributed by atoms with Gasteiger partial charge in [-0.25, -0.2) is 9.97 Å². The fourth-order valence-electron chi connectivity index (χ4n) is 2.82. The van der Waals surface area contributed by atoms with E-state index < -0.39 is 0 Å². The molecule has 21 heavy (non-hydrogen) atoms. The molecule has 0 N–H and O–H groups in total. The summed E-state index contributed by atoms with van der Waals surface area (Å²) in [4.78, 5) is 9.23. The molecule has 0 amide bonds. The molecule has 5 heteroatoms. The van der Waals surface area contributed by atoms with E-state index in [1.807, 2.05) is 6.07 Å². The minimum Gasteiger partial charge on any atom is -0.310 e. The van der Waals surface area contributed by atoms with Gasteiger partial charge in [-0.2, -0.15) is 0 Å². The monoisotopic (exact) mass is 327 g/mol. The van der Waals surface area contributed by atoms with Crippen molar-refractivity contribution in [3.63, 3.8) is 0 Å². The van der Waals surface area contributed by atoms with E-state index in [2.05, 4.69) is 23.4 Å². The number of nitrogens with zero attached hydrogens (tertiary/aromatic N) is 3. The first kappa shape index (κ1) is 16.6. The summed E-state index contributed by atoms with van der Waals surface area (Å²) in [7, 11) is 0. The van der Waals surface area contributed by atoms with Crippen LogP contribution in [0.4, 0.5) is 0 Å². The number of imidazole rings is 1. The van der Waals surface area contributed by atoms with Crippen molar-refractivity contribution in [2.24, 2.45) is 0 Å². The Morgan fingerprint density at radius 2 is 2.05 bits per heavy atom. The molecule has 1 unspecified atom stereocenters. The summed E-state index contributed by atoms with van der Waals surface area (Å²) in [5.41, 5.74) is 1.81. The maximum atomic E-state index is 6.04. The van der Waals surface area contributed by atoms with Gasteiger partial charge in [0.25, 0.3) is 0 Å². The zero-order chi connectivity index (χ0) is 15.2. The summed E-state index contributed by atoms with van der Waals surface area (Å²) in [5.74, 6) is 1.60. The molecule has 2 rings (SSSR count). The highest BCUT2D eigenvalue weighted by atomic mass is 35.5. The molecule has 0 aliphatic heterocycles. The minimum absolute atomic E-state index is 0.451. The highest BCUT2D eigenvalue weighted by molar-refractivity contribution is 6.31. The smallest absolute Gasteiger partial charge is 0.160 e. The Labute approximate surface area is 136 Å². The summed E-state index contributed by atoms with van der Waals surface area (Å²) in [6.07, 6.45) is 8.36. The van der Waals surface area contributed by atoms with Crippen LogP contribution in [0.3, 0.4) is 0 Å². The number of fused-ring (bicyclic) bond motifs is 1. The van der Waals surface area contributed by atoms with Crippen LogP contribution < -0.4 is 0 Å². The van der Waals surface area contributed by atoms with E-state index in [0.29, 0.717) is 16.9 Å². The second-order valence-electron chi connectivity index (χ2n) is 5.42. The molecule has 2 aromatic heterocycles. The Morgan fingerprint density at radius 1 is 1.24 bits per heavy atom. The number of alkyl halides is 1. The zero-order valence-electron chi connectivity index (χ0n) is 12.8. The first-order chi connectivity index (χ1) is 10.2. The number of hydrogen-bond donors (Lipinski definition) is 0. The van der Waals surface area contributed by atoms with Gasteiger partial charge in [-0.1, -0.05) is 44.7 Å². The average Bonchev–Trinajstić information content (AvgIpc) is 2.81. The first-order valence-electron chi connectivity index (χ1n) is 7.79. The molecule has 3 nitrogen and oxygen atoms in total. The van der Waals surface area contributed by atoms with Crippen LogP contribution in [0.15, 0.2) is 12.3 Å². The SMILES string of the molecule is CCCCC(CCC)n1c(CCCl)nc2cc(Cl)cnc21. The molecule has 0 aliphatic rings. The molecule has 0 spiro atoms. The number of pyridine rings is 1. The van der Waals surface area contributed by atoms with E-state index in [1.165, 1.54) is 12.8 Å². The Bertz CT molecular complexity index is 580. The van der Waals surface area contributed by atoms with Gasteiger partial charge in [0.15, 0.2) is 5.65 Å². The Hall–Kier alpha value is -0.800. The molecule has 116 valence electrons. The fourth-order valence-corrected chi connectivity index (χ4v) is 3.15. The number of aryl methyl sites for hydroxylation is 1. The second-order valence-corrected chi connectivity index (χ2v) is 6.23. The van der Waals surface area contributed by atoms with E-state index in [9.17, 15) is 0 Å². The standard InChI is InChI=1S/C16H23Cl2N3/c1-3-5-7-13(6-4-2)21-15(8-9-17)20-14-10-12(18)11-19-16(14)21/h10-11,13H,3-9H2,1-2H3. The number of aromatic nitrogens is 3. The van der Waals surface area contributed by atoms with Crippen molar-refractivity contribution in [2.75, 3.05) is 5.88 Å². The van der Waals surface area contributed by atoms with Crippen LogP contribution in [0.5, 0.6) is 0 Å². The average molecular weight is 328 g/mol. The third-order valence-corrected chi connectivity index (χ3v) is 4.16. The van der Waals surface area contributed by atoms with Gasteiger partial charge in [-0.05, 0) is 18.9 Å². The fraction of sp³-hybridized carbons (Fsp3) is 0.625. The normalized spacial score (nSPS) is 13.0. The van der Waals surface area contributed by atoms with Gasteiger partial charge in [0.2, 0.25) is 0 Å². The molecule has 0 saturated carbocycles. The largest absolute Gasteiger partial charge is 0.310 e. The molecule has 2 heterocycles. The summed E-state index contributed by atoms with van der Waals surface area (Å²) >= 11 is 12.0. The molecular weight excluding hydrogens is 305 g/mol. The lowest BCUT2D eigenvalue weighted by Crippen LogP contribution is -2.13. The Kier molecular flexibility index (Phi) is 6.31. The molecule has 0 fully saturated rings. The van der Waals surface area contributed by atoms with Crippen molar-refractivity contribution in [2.45, 2.75) is 58.4 Å². The van der Waals surface area contributed by atoms with Crippen LogP contribution >= 0.6 is 23.2 Å². The minimum atomic E-state index is 0.451. The number of unbranched alkanes of at least 4 members (excludes halogenated alkanes) is 1. The first-order valence-corrected chi connectivity index (χ1v) is 8.70. The molecule has 1 atom stereocenters. The van der Waals surface area contributed by atoms with Gasteiger partial charge in [0, 0.05) is 24.5 Å². The van der Waals surface area contributed by atoms with Crippen molar-refractivity contribution in [1.82, 2.24) is 14.5 Å². The highest BCUT2D eigenvalue weighted by Gasteiger charge is 2.19. The van der Waals surface area contributed by atoms with Crippen LogP contribution in [-0.4, -0.2) is 20.4 Å². The second kappa shape index (κ2) is 8.00. The van der Waals surface area contributed by atoms with E-state index in [1.54, 1.807) is 6.20 Å². The quantitative estimate of drug-likeness (QED) is 0.608. The summed E-state index contributed by atoms with van der Waals surface area (Å²) in [6, 6.07) is 2.34. The molecule has 0 radical (unpaired) electrons. The van der Waals surface area contributed by atoms with Crippen molar-refractivity contribution in [3.05, 3.63) is 23.1 Å². The van der Waals surface area contributed by atoms with Crippen LogP contribution in [0.2, 0.25) is 5.02 Å². The molecule has 0 aromatic carbocycles. The van der Waals surface area contributed by atoms with Gasteiger partial charge in [-0.3, -0.25) is 0 Å². The Balaban J connectivity index is 2.48. The summed E-state index contributed by atoms with van der Waals surface area (Å²) in [5, 5.41) is 0.630. The summed E-state index contributed by atoms with van der Waals surface area (Å²) < 4.78 is 2.30. The van der Waals surface area contributed by atoms with E-state index >= 15 is 0 Å². The van der Waals surface area contributed by atoms with Crippen molar-refractivity contribution < 1.29 is 0 Å². The van der Waals surface area contributed by atoms with E-state index in [-0.39, 0.29) is 0 Å². The van der Waals surface area contributed by atoms with Crippen molar-refractivity contribution >= 4 is 34.4 Å². The zero-order valence-corrected chi connectivity index (χ0v) is 14.3.